The minimum absolute atomic E-state index is 0.0302. The third-order valence-electron chi connectivity index (χ3n) is 4.91. The Bertz CT molecular complexity index is 326. The predicted molar refractivity (Wildman–Crippen MR) is 85.7 cm³/mol. The minimum atomic E-state index is -0.265. The maximum atomic E-state index is 12.2. The summed E-state index contributed by atoms with van der Waals surface area (Å²) in [7, 11) is 0. The summed E-state index contributed by atoms with van der Waals surface area (Å²) in [6, 6.07) is 0. The first-order valence-corrected chi connectivity index (χ1v) is 8.12. The zero-order chi connectivity index (χ0) is 15.6. The van der Waals surface area contributed by atoms with Gasteiger partial charge in [-0.1, -0.05) is 34.6 Å². The number of amides is 1. The van der Waals surface area contributed by atoms with E-state index >= 15 is 0 Å². The summed E-state index contributed by atoms with van der Waals surface area (Å²) in [5.41, 5.74) is -0.235. The van der Waals surface area contributed by atoms with Gasteiger partial charge in [0.15, 0.2) is 0 Å². The molecule has 0 aromatic rings. The lowest BCUT2D eigenvalue weighted by atomic mass is 9.87. The summed E-state index contributed by atoms with van der Waals surface area (Å²) in [6.07, 6.45) is 2.19. The van der Waals surface area contributed by atoms with Crippen molar-refractivity contribution in [2.45, 2.75) is 66.8 Å². The molecule has 1 aliphatic rings. The van der Waals surface area contributed by atoms with Crippen LogP contribution in [-0.4, -0.2) is 36.0 Å². The molecule has 1 heterocycles. The van der Waals surface area contributed by atoms with Crippen molar-refractivity contribution >= 4 is 5.91 Å². The van der Waals surface area contributed by atoms with Crippen LogP contribution >= 0.6 is 0 Å². The lowest BCUT2D eigenvalue weighted by Gasteiger charge is -2.45. The largest absolute Gasteiger partial charge is 0.354 e. The highest BCUT2D eigenvalue weighted by atomic mass is 16.2. The molecular weight excluding hydrogens is 248 g/mol. The molecule has 3 nitrogen and oxygen atoms in total. The number of rotatable bonds is 5. The van der Waals surface area contributed by atoms with Gasteiger partial charge < -0.3 is 5.32 Å². The van der Waals surface area contributed by atoms with Gasteiger partial charge >= 0.3 is 0 Å². The number of nitrogens with zero attached hydrogens (tertiary/aromatic N) is 1. The maximum absolute atomic E-state index is 12.2. The Morgan fingerprint density at radius 1 is 1.15 bits per heavy atom. The number of carbonyl (C=O) groups excluding carboxylic acids is 1. The standard InChI is InChI=1S/C17H34N2O/c1-8-16(4,5)15(20)18-12-17(6,7)19-10-13(2)9-14(3)11-19/h13-14H,8-12H2,1-7H3,(H,18,20). The lowest BCUT2D eigenvalue weighted by Crippen LogP contribution is -2.57. The molecule has 1 rings (SSSR count). The second-order valence-electron chi connectivity index (χ2n) is 8.08. The molecule has 3 heteroatoms. The van der Waals surface area contributed by atoms with Crippen molar-refractivity contribution in [3.8, 4) is 0 Å². The molecule has 0 aliphatic carbocycles. The average molecular weight is 282 g/mol. The van der Waals surface area contributed by atoms with Gasteiger partial charge in [0.05, 0.1) is 0 Å². The van der Waals surface area contributed by atoms with E-state index < -0.39 is 0 Å². The third kappa shape index (κ3) is 4.47. The van der Waals surface area contributed by atoms with Crippen molar-refractivity contribution in [2.75, 3.05) is 19.6 Å². The van der Waals surface area contributed by atoms with Crippen molar-refractivity contribution in [3.63, 3.8) is 0 Å². The van der Waals surface area contributed by atoms with E-state index in [1.807, 2.05) is 13.8 Å². The molecule has 0 spiro atoms. The van der Waals surface area contributed by atoms with Crippen molar-refractivity contribution in [3.05, 3.63) is 0 Å². The van der Waals surface area contributed by atoms with Crippen LogP contribution in [0.2, 0.25) is 0 Å². The highest BCUT2D eigenvalue weighted by Gasteiger charge is 2.34. The SMILES string of the molecule is CCC(C)(C)C(=O)NCC(C)(C)N1CC(C)CC(C)C1. The summed E-state index contributed by atoms with van der Waals surface area (Å²) in [6.45, 7) is 18.3. The summed E-state index contributed by atoms with van der Waals surface area (Å²) in [5, 5.41) is 3.16. The molecule has 0 saturated carbocycles. The number of hydrogen-bond donors (Lipinski definition) is 1. The molecule has 0 radical (unpaired) electrons. The van der Waals surface area contributed by atoms with Crippen LogP contribution < -0.4 is 5.32 Å². The zero-order valence-electron chi connectivity index (χ0n) is 14.5. The lowest BCUT2D eigenvalue weighted by molar-refractivity contribution is -0.130. The van der Waals surface area contributed by atoms with Gasteiger partial charge in [0.1, 0.15) is 0 Å². The Hall–Kier alpha value is -0.570. The van der Waals surface area contributed by atoms with E-state index in [0.717, 1.165) is 37.9 Å². The highest BCUT2D eigenvalue weighted by Crippen LogP contribution is 2.27. The van der Waals surface area contributed by atoms with Crippen LogP contribution in [0.5, 0.6) is 0 Å². The number of likely N-dealkylation sites (tertiary alicyclic amines) is 1. The molecular formula is C17H34N2O. The highest BCUT2D eigenvalue weighted by molar-refractivity contribution is 5.81. The Morgan fingerprint density at radius 3 is 2.10 bits per heavy atom. The fourth-order valence-electron chi connectivity index (χ4n) is 2.97. The molecule has 1 saturated heterocycles. The number of hydrogen-bond acceptors (Lipinski definition) is 2. The molecule has 0 bridgehead atoms. The van der Waals surface area contributed by atoms with Crippen molar-refractivity contribution < 1.29 is 4.79 Å². The summed E-state index contributed by atoms with van der Waals surface area (Å²) in [5.74, 6) is 1.67. The second-order valence-corrected chi connectivity index (χ2v) is 8.08. The number of piperidine rings is 1. The van der Waals surface area contributed by atoms with Crippen molar-refractivity contribution in [1.29, 1.82) is 0 Å². The van der Waals surface area contributed by atoms with E-state index in [0.29, 0.717) is 0 Å². The topological polar surface area (TPSA) is 32.3 Å². The molecule has 0 aromatic carbocycles. The van der Waals surface area contributed by atoms with Gasteiger partial charge in [0, 0.05) is 30.6 Å². The van der Waals surface area contributed by atoms with Crippen LogP contribution in [0, 0.1) is 17.3 Å². The minimum Gasteiger partial charge on any atom is -0.354 e. The Balaban J connectivity index is 2.59. The quantitative estimate of drug-likeness (QED) is 0.839. The van der Waals surface area contributed by atoms with Gasteiger partial charge in [-0.2, -0.15) is 0 Å². The molecule has 1 fully saturated rings. The van der Waals surface area contributed by atoms with E-state index in [2.05, 4.69) is 44.8 Å². The number of nitrogens with one attached hydrogen (secondary N) is 1. The molecule has 20 heavy (non-hydrogen) atoms. The van der Waals surface area contributed by atoms with Crippen LogP contribution in [0.25, 0.3) is 0 Å². The summed E-state index contributed by atoms with van der Waals surface area (Å²) in [4.78, 5) is 14.8. The summed E-state index contributed by atoms with van der Waals surface area (Å²) >= 11 is 0. The molecule has 2 unspecified atom stereocenters. The van der Waals surface area contributed by atoms with Crippen LogP contribution in [0.1, 0.15) is 61.3 Å². The van der Waals surface area contributed by atoms with Crippen molar-refractivity contribution in [1.82, 2.24) is 10.2 Å². The van der Waals surface area contributed by atoms with Gasteiger partial charge in [0.2, 0.25) is 5.91 Å². The maximum Gasteiger partial charge on any atom is 0.225 e. The van der Waals surface area contributed by atoms with Crippen molar-refractivity contribution in [2.24, 2.45) is 17.3 Å². The van der Waals surface area contributed by atoms with Crippen LogP contribution in [-0.2, 0) is 4.79 Å². The number of carbonyl (C=O) groups is 1. The van der Waals surface area contributed by atoms with E-state index in [1.165, 1.54) is 6.42 Å². The normalized spacial score (nSPS) is 25.6. The van der Waals surface area contributed by atoms with Crippen LogP contribution in [0.4, 0.5) is 0 Å². The van der Waals surface area contributed by atoms with Gasteiger partial charge in [-0.05, 0) is 38.5 Å². The van der Waals surface area contributed by atoms with E-state index in [9.17, 15) is 4.79 Å². The smallest absolute Gasteiger partial charge is 0.225 e. The van der Waals surface area contributed by atoms with Gasteiger partial charge in [0.25, 0.3) is 0 Å². The zero-order valence-corrected chi connectivity index (χ0v) is 14.5. The van der Waals surface area contributed by atoms with Crippen LogP contribution in [0.3, 0.4) is 0 Å². The fourth-order valence-corrected chi connectivity index (χ4v) is 2.97. The first-order valence-electron chi connectivity index (χ1n) is 8.12. The fraction of sp³-hybridized carbons (Fsp3) is 0.941. The Kier molecular flexibility index (Phi) is 5.65. The molecule has 1 N–H and O–H groups in total. The monoisotopic (exact) mass is 282 g/mol. The Morgan fingerprint density at radius 2 is 1.65 bits per heavy atom. The van der Waals surface area contributed by atoms with Gasteiger partial charge in [-0.15, -0.1) is 0 Å². The van der Waals surface area contributed by atoms with Crippen LogP contribution in [0.15, 0.2) is 0 Å². The van der Waals surface area contributed by atoms with E-state index in [1.54, 1.807) is 0 Å². The van der Waals surface area contributed by atoms with Gasteiger partial charge in [-0.3, -0.25) is 9.69 Å². The molecule has 1 aliphatic heterocycles. The molecule has 118 valence electrons. The van der Waals surface area contributed by atoms with Gasteiger partial charge in [-0.25, -0.2) is 0 Å². The second kappa shape index (κ2) is 6.46. The van der Waals surface area contributed by atoms with E-state index in [4.69, 9.17) is 0 Å². The third-order valence-corrected chi connectivity index (χ3v) is 4.91. The first kappa shape index (κ1) is 17.5. The molecule has 1 amide bonds. The predicted octanol–water partition coefficient (Wildman–Crippen LogP) is 3.30. The Labute approximate surface area is 125 Å². The van der Waals surface area contributed by atoms with E-state index in [-0.39, 0.29) is 16.9 Å². The molecule has 0 aromatic heterocycles. The summed E-state index contributed by atoms with van der Waals surface area (Å²) < 4.78 is 0. The molecule has 2 atom stereocenters. The average Bonchev–Trinajstić information content (AvgIpc) is 2.34. The first-order chi connectivity index (χ1) is 9.08.